The van der Waals surface area contributed by atoms with Crippen LogP contribution in [0.15, 0.2) is 0 Å². The average Bonchev–Trinajstić information content (AvgIpc) is 1.91. The van der Waals surface area contributed by atoms with Gasteiger partial charge in [0.1, 0.15) is 0 Å². The number of hydrogen-bond donors (Lipinski definition) is 1. The smallest absolute Gasteiger partial charge is 0.0827 e. The number of rotatable bonds is 2. The molecule has 1 unspecified atom stereocenters. The first-order chi connectivity index (χ1) is 4.43. The molecule has 1 saturated heterocycles. The van der Waals surface area contributed by atoms with Gasteiger partial charge in [-0.1, -0.05) is 6.92 Å². The van der Waals surface area contributed by atoms with Crippen LogP contribution < -0.4 is 10.6 Å². The Kier molecular flexibility index (Phi) is 3.40. The first-order valence-corrected chi connectivity index (χ1v) is 4.56. The van der Waals surface area contributed by atoms with Gasteiger partial charge < -0.3 is 5.32 Å². The summed E-state index contributed by atoms with van der Waals surface area (Å²) in [5.41, 5.74) is 0. The molecule has 2 nitrogen and oxygen atoms in total. The Morgan fingerprint density at radius 2 is 2.67 bits per heavy atom. The van der Waals surface area contributed by atoms with Crippen LogP contribution in [0.2, 0.25) is 0 Å². The van der Waals surface area contributed by atoms with Gasteiger partial charge in [0, 0.05) is 18.1 Å². The van der Waals surface area contributed by atoms with Gasteiger partial charge in [0.05, 0.1) is 6.17 Å². The second kappa shape index (κ2) is 4.14. The second-order valence-electron chi connectivity index (χ2n) is 2.05. The highest BCUT2D eigenvalue weighted by Gasteiger charge is 2.11. The molecule has 0 amide bonds. The van der Waals surface area contributed by atoms with Crippen LogP contribution in [0.5, 0.6) is 0 Å². The summed E-state index contributed by atoms with van der Waals surface area (Å²) in [6.45, 7) is 4.19. The summed E-state index contributed by atoms with van der Waals surface area (Å²) in [7, 11) is 0. The van der Waals surface area contributed by atoms with Crippen molar-refractivity contribution in [2.45, 2.75) is 13.1 Å². The lowest BCUT2D eigenvalue weighted by Crippen LogP contribution is -2.43. The van der Waals surface area contributed by atoms with E-state index in [0.29, 0.717) is 6.17 Å². The van der Waals surface area contributed by atoms with Crippen LogP contribution in [0, 0.1) is 0 Å². The fourth-order valence-corrected chi connectivity index (χ4v) is 1.73. The van der Waals surface area contributed by atoms with Crippen LogP contribution in [-0.4, -0.2) is 30.8 Å². The Balaban J connectivity index is 2.08. The van der Waals surface area contributed by atoms with Gasteiger partial charge in [-0.15, -0.1) is 0 Å². The van der Waals surface area contributed by atoms with Crippen molar-refractivity contribution in [1.82, 2.24) is 10.6 Å². The standard InChI is InChI=1S/C6H13N2S/c1-2-7-6-5-9-4-3-8-6/h6-7H,2-5H2,1H3. The van der Waals surface area contributed by atoms with Crippen molar-refractivity contribution in [2.24, 2.45) is 0 Å². The van der Waals surface area contributed by atoms with Crippen molar-refractivity contribution in [2.75, 3.05) is 24.6 Å². The van der Waals surface area contributed by atoms with Gasteiger partial charge in [-0.25, -0.2) is 5.32 Å². The molecule has 9 heavy (non-hydrogen) atoms. The predicted molar refractivity (Wildman–Crippen MR) is 41.8 cm³/mol. The van der Waals surface area contributed by atoms with Gasteiger partial charge in [0.15, 0.2) is 0 Å². The van der Waals surface area contributed by atoms with E-state index in [-0.39, 0.29) is 0 Å². The molecular formula is C6H13N2S. The summed E-state index contributed by atoms with van der Waals surface area (Å²) in [5, 5.41) is 7.68. The largest absolute Gasteiger partial charge is 0.300 e. The third-order valence-electron chi connectivity index (χ3n) is 1.30. The van der Waals surface area contributed by atoms with E-state index in [1.165, 1.54) is 5.75 Å². The van der Waals surface area contributed by atoms with Crippen molar-refractivity contribution in [3.05, 3.63) is 0 Å². The van der Waals surface area contributed by atoms with Crippen molar-refractivity contribution < 1.29 is 0 Å². The Bertz CT molecular complexity index is 68.7. The summed E-state index contributed by atoms with van der Waals surface area (Å²) in [6.07, 6.45) is 0.439. The molecule has 0 aromatic carbocycles. The van der Waals surface area contributed by atoms with Gasteiger partial charge in [-0.3, -0.25) is 0 Å². The molecule has 1 N–H and O–H groups in total. The van der Waals surface area contributed by atoms with E-state index in [2.05, 4.69) is 17.6 Å². The molecule has 0 aliphatic carbocycles. The Morgan fingerprint density at radius 1 is 1.78 bits per heavy atom. The Hall–Kier alpha value is 0.270. The zero-order chi connectivity index (χ0) is 6.53. The predicted octanol–water partition coefficient (Wildman–Crippen LogP) is 0.273. The zero-order valence-electron chi connectivity index (χ0n) is 5.76. The van der Waals surface area contributed by atoms with Gasteiger partial charge in [-0.2, -0.15) is 11.8 Å². The van der Waals surface area contributed by atoms with Crippen LogP contribution in [0.1, 0.15) is 6.92 Å². The topological polar surface area (TPSA) is 26.1 Å². The number of nitrogens with zero attached hydrogens (tertiary/aromatic N) is 1. The fraction of sp³-hybridized carbons (Fsp3) is 1.00. The maximum atomic E-state index is 4.39. The normalized spacial score (nSPS) is 28.3. The maximum absolute atomic E-state index is 4.39. The van der Waals surface area contributed by atoms with E-state index in [0.717, 1.165) is 18.8 Å². The van der Waals surface area contributed by atoms with Crippen LogP contribution in [-0.2, 0) is 0 Å². The van der Waals surface area contributed by atoms with Crippen molar-refractivity contribution in [3.63, 3.8) is 0 Å². The lowest BCUT2D eigenvalue weighted by atomic mass is 10.5. The highest BCUT2D eigenvalue weighted by molar-refractivity contribution is 7.99. The molecule has 1 atom stereocenters. The molecule has 0 saturated carbocycles. The lowest BCUT2D eigenvalue weighted by Gasteiger charge is -2.21. The molecule has 1 aliphatic heterocycles. The number of thioether (sulfide) groups is 1. The average molecular weight is 145 g/mol. The Morgan fingerprint density at radius 3 is 3.22 bits per heavy atom. The summed E-state index contributed by atoms with van der Waals surface area (Å²) >= 11 is 1.99. The summed E-state index contributed by atoms with van der Waals surface area (Å²) in [4.78, 5) is 0. The molecule has 0 bridgehead atoms. The minimum absolute atomic E-state index is 0.439. The monoisotopic (exact) mass is 145 g/mol. The lowest BCUT2D eigenvalue weighted by molar-refractivity contribution is 0.468. The molecule has 3 heteroatoms. The molecule has 0 spiro atoms. The molecule has 0 aromatic rings. The van der Waals surface area contributed by atoms with E-state index in [1.54, 1.807) is 0 Å². The molecule has 1 radical (unpaired) electrons. The molecule has 1 heterocycles. The molecule has 1 aliphatic rings. The summed E-state index contributed by atoms with van der Waals surface area (Å²) in [6, 6.07) is 0. The van der Waals surface area contributed by atoms with Gasteiger partial charge in [-0.05, 0) is 6.54 Å². The van der Waals surface area contributed by atoms with Gasteiger partial charge >= 0.3 is 0 Å². The number of nitrogens with one attached hydrogen (secondary N) is 1. The van der Waals surface area contributed by atoms with Crippen molar-refractivity contribution in [3.8, 4) is 0 Å². The summed E-state index contributed by atoms with van der Waals surface area (Å²) in [5.74, 6) is 2.37. The highest BCUT2D eigenvalue weighted by Crippen LogP contribution is 2.06. The van der Waals surface area contributed by atoms with Crippen LogP contribution in [0.3, 0.4) is 0 Å². The van der Waals surface area contributed by atoms with Gasteiger partial charge in [0.25, 0.3) is 0 Å². The third-order valence-corrected chi connectivity index (χ3v) is 2.32. The van der Waals surface area contributed by atoms with E-state index < -0.39 is 0 Å². The maximum Gasteiger partial charge on any atom is 0.0827 e. The molecular weight excluding hydrogens is 132 g/mol. The van der Waals surface area contributed by atoms with Crippen molar-refractivity contribution >= 4 is 11.8 Å². The van der Waals surface area contributed by atoms with E-state index >= 15 is 0 Å². The molecule has 1 fully saturated rings. The van der Waals surface area contributed by atoms with Gasteiger partial charge in [0.2, 0.25) is 0 Å². The second-order valence-corrected chi connectivity index (χ2v) is 3.20. The molecule has 0 aromatic heterocycles. The highest BCUT2D eigenvalue weighted by atomic mass is 32.2. The zero-order valence-corrected chi connectivity index (χ0v) is 6.58. The number of hydrogen-bond acceptors (Lipinski definition) is 2. The fourth-order valence-electron chi connectivity index (χ4n) is 0.880. The SMILES string of the molecule is CCNC1CSCC[N]1. The minimum atomic E-state index is 0.439. The van der Waals surface area contributed by atoms with E-state index in [4.69, 9.17) is 0 Å². The third kappa shape index (κ3) is 2.56. The first kappa shape index (κ1) is 7.38. The van der Waals surface area contributed by atoms with Crippen LogP contribution >= 0.6 is 11.8 Å². The molecule has 53 valence electrons. The Labute approximate surface area is 60.8 Å². The van der Waals surface area contributed by atoms with E-state index in [9.17, 15) is 0 Å². The summed E-state index contributed by atoms with van der Waals surface area (Å²) < 4.78 is 0. The van der Waals surface area contributed by atoms with Crippen LogP contribution in [0.25, 0.3) is 0 Å². The molecule has 1 rings (SSSR count). The van der Waals surface area contributed by atoms with E-state index in [1.807, 2.05) is 11.8 Å². The quantitative estimate of drug-likeness (QED) is 0.604. The minimum Gasteiger partial charge on any atom is -0.300 e. The van der Waals surface area contributed by atoms with Crippen molar-refractivity contribution in [1.29, 1.82) is 0 Å². The van der Waals surface area contributed by atoms with Crippen LogP contribution in [0.4, 0.5) is 0 Å². The first-order valence-electron chi connectivity index (χ1n) is 3.41.